The number of hydrogen-bond donors (Lipinski definition) is 1. The quantitative estimate of drug-likeness (QED) is 0.393. The van der Waals surface area contributed by atoms with Crippen LogP contribution in [0.1, 0.15) is 19.3 Å². The Morgan fingerprint density at radius 1 is 1.60 bits per heavy atom. The van der Waals surface area contributed by atoms with Crippen LogP contribution in [-0.2, 0) is 4.74 Å². The molecule has 2 atom stereocenters. The second kappa shape index (κ2) is 2.23. The summed E-state index contributed by atoms with van der Waals surface area (Å²) in [5, 5.41) is 3.71. The normalized spacial score (nSPS) is 42.6. The Morgan fingerprint density at radius 2 is 2.50 bits per heavy atom. The van der Waals surface area contributed by atoms with Crippen LogP contribution in [0.15, 0.2) is 5.10 Å². The molecule has 3 heteroatoms. The van der Waals surface area contributed by atoms with Crippen molar-refractivity contribution in [2.24, 2.45) is 16.9 Å². The fourth-order valence-corrected chi connectivity index (χ4v) is 1.77. The first-order valence-electron chi connectivity index (χ1n) is 3.80. The monoisotopic (exact) mass is 140 g/mol. The van der Waals surface area contributed by atoms with Crippen molar-refractivity contribution in [2.45, 2.75) is 25.4 Å². The van der Waals surface area contributed by atoms with Crippen LogP contribution in [0.2, 0.25) is 0 Å². The van der Waals surface area contributed by atoms with E-state index in [1.807, 2.05) is 0 Å². The van der Waals surface area contributed by atoms with Crippen molar-refractivity contribution in [3.05, 3.63) is 0 Å². The van der Waals surface area contributed by atoms with Crippen LogP contribution in [0, 0.1) is 5.92 Å². The predicted molar refractivity (Wildman–Crippen MR) is 38.7 cm³/mol. The molecular formula is C7H12N2O. The topological polar surface area (TPSA) is 47.6 Å². The maximum absolute atomic E-state index is 5.47. The summed E-state index contributed by atoms with van der Waals surface area (Å²) in [5.74, 6) is 5.74. The highest BCUT2D eigenvalue weighted by Crippen LogP contribution is 2.34. The van der Waals surface area contributed by atoms with Crippen LogP contribution in [0.5, 0.6) is 0 Å². The van der Waals surface area contributed by atoms with Crippen molar-refractivity contribution in [2.75, 3.05) is 6.61 Å². The van der Waals surface area contributed by atoms with Gasteiger partial charge in [0.25, 0.3) is 0 Å². The molecule has 0 aromatic heterocycles. The van der Waals surface area contributed by atoms with Crippen LogP contribution >= 0.6 is 0 Å². The molecule has 2 aliphatic rings. The summed E-state index contributed by atoms with van der Waals surface area (Å²) in [6.07, 6.45) is 3.82. The third-order valence-corrected chi connectivity index (χ3v) is 2.44. The minimum atomic E-state index is 0.455. The van der Waals surface area contributed by atoms with E-state index < -0.39 is 0 Å². The summed E-state index contributed by atoms with van der Waals surface area (Å²) < 4.78 is 5.47. The molecule has 0 spiro atoms. The summed E-state index contributed by atoms with van der Waals surface area (Å²) in [4.78, 5) is 0. The molecule has 0 amide bonds. The Hall–Kier alpha value is -0.570. The molecular weight excluding hydrogens is 128 g/mol. The summed E-state index contributed by atoms with van der Waals surface area (Å²) >= 11 is 0. The molecule has 2 N–H and O–H groups in total. The lowest BCUT2D eigenvalue weighted by molar-refractivity contribution is -0.0227. The highest BCUT2D eigenvalue weighted by Gasteiger charge is 2.40. The summed E-state index contributed by atoms with van der Waals surface area (Å²) in [6, 6.07) is 0. The Bertz CT molecular complexity index is 167. The van der Waals surface area contributed by atoms with Gasteiger partial charge < -0.3 is 10.6 Å². The average Bonchev–Trinajstić information content (AvgIpc) is 1.92. The molecule has 0 aromatic rings. The molecule has 56 valence electrons. The zero-order chi connectivity index (χ0) is 6.97. The first-order chi connectivity index (χ1) is 4.92. The fraction of sp³-hybridized carbons (Fsp3) is 0.857. The van der Waals surface area contributed by atoms with Crippen molar-refractivity contribution in [1.29, 1.82) is 0 Å². The van der Waals surface area contributed by atoms with Crippen molar-refractivity contribution in [3.8, 4) is 0 Å². The molecule has 1 aliphatic carbocycles. The predicted octanol–water partition coefficient (Wildman–Crippen LogP) is 0.500. The maximum atomic E-state index is 5.47. The van der Waals surface area contributed by atoms with Gasteiger partial charge in [-0.3, -0.25) is 0 Å². The van der Waals surface area contributed by atoms with Crippen LogP contribution in [-0.4, -0.2) is 18.4 Å². The number of rotatable bonds is 0. The molecule has 2 fully saturated rings. The second-order valence-electron chi connectivity index (χ2n) is 2.98. The Labute approximate surface area is 60.2 Å². The van der Waals surface area contributed by atoms with E-state index in [1.54, 1.807) is 0 Å². The van der Waals surface area contributed by atoms with Gasteiger partial charge in [0.1, 0.15) is 0 Å². The summed E-state index contributed by atoms with van der Waals surface area (Å²) in [6.45, 7) is 0.930. The Morgan fingerprint density at radius 3 is 3.20 bits per heavy atom. The average molecular weight is 140 g/mol. The molecule has 1 heterocycles. The van der Waals surface area contributed by atoms with E-state index >= 15 is 0 Å². The van der Waals surface area contributed by atoms with Gasteiger partial charge in [-0.2, -0.15) is 5.10 Å². The maximum Gasteiger partial charge on any atom is 0.0709 e. The van der Waals surface area contributed by atoms with Gasteiger partial charge in [-0.25, -0.2) is 0 Å². The van der Waals surface area contributed by atoms with Crippen molar-refractivity contribution in [1.82, 2.24) is 0 Å². The first kappa shape index (κ1) is 6.16. The number of fused-ring (bicyclic) bond motifs is 1. The van der Waals surface area contributed by atoms with Crippen molar-refractivity contribution < 1.29 is 4.74 Å². The molecule has 1 aliphatic heterocycles. The zero-order valence-corrected chi connectivity index (χ0v) is 5.92. The smallest absolute Gasteiger partial charge is 0.0709 e. The number of ether oxygens (including phenoxy) is 1. The SMILES string of the molecule is N/N=C1/CC2OCCCC12. The lowest BCUT2D eigenvalue weighted by Crippen LogP contribution is -2.47. The van der Waals surface area contributed by atoms with Crippen LogP contribution in [0.25, 0.3) is 0 Å². The number of hydrogen-bond acceptors (Lipinski definition) is 3. The molecule has 3 nitrogen and oxygen atoms in total. The zero-order valence-electron chi connectivity index (χ0n) is 5.92. The van der Waals surface area contributed by atoms with Crippen LogP contribution in [0.3, 0.4) is 0 Å². The van der Waals surface area contributed by atoms with Gasteiger partial charge in [0.05, 0.1) is 6.10 Å². The lowest BCUT2D eigenvalue weighted by Gasteiger charge is -2.40. The number of nitrogens with two attached hydrogens (primary N) is 1. The van der Waals surface area contributed by atoms with Gasteiger partial charge in [0.2, 0.25) is 0 Å². The van der Waals surface area contributed by atoms with Crippen LogP contribution in [0.4, 0.5) is 0 Å². The molecule has 10 heavy (non-hydrogen) atoms. The molecule has 0 bridgehead atoms. The van der Waals surface area contributed by atoms with Gasteiger partial charge in [0.15, 0.2) is 0 Å². The summed E-state index contributed by atoms with van der Waals surface area (Å²) in [5.41, 5.74) is 1.16. The molecule has 0 aromatic carbocycles. The number of nitrogens with zero attached hydrogens (tertiary/aromatic N) is 1. The third kappa shape index (κ3) is 0.736. The van der Waals surface area contributed by atoms with E-state index in [9.17, 15) is 0 Å². The van der Waals surface area contributed by atoms with E-state index in [0.29, 0.717) is 12.0 Å². The molecule has 0 radical (unpaired) electrons. The van der Waals surface area contributed by atoms with E-state index in [-0.39, 0.29) is 0 Å². The molecule has 1 saturated heterocycles. The Balaban J connectivity index is 2.01. The summed E-state index contributed by atoms with van der Waals surface area (Å²) in [7, 11) is 0. The Kier molecular flexibility index (Phi) is 1.38. The van der Waals surface area contributed by atoms with Gasteiger partial charge in [-0.05, 0) is 12.8 Å². The van der Waals surface area contributed by atoms with Crippen LogP contribution < -0.4 is 5.84 Å². The first-order valence-corrected chi connectivity index (χ1v) is 3.80. The number of hydrazone groups is 1. The minimum absolute atomic E-state index is 0.455. The van der Waals surface area contributed by atoms with Gasteiger partial charge in [-0.1, -0.05) is 0 Å². The minimum Gasteiger partial charge on any atom is -0.377 e. The van der Waals surface area contributed by atoms with Gasteiger partial charge in [-0.15, -0.1) is 0 Å². The van der Waals surface area contributed by atoms with Gasteiger partial charge in [0, 0.05) is 24.7 Å². The van der Waals surface area contributed by atoms with E-state index in [4.69, 9.17) is 10.6 Å². The third-order valence-electron chi connectivity index (χ3n) is 2.44. The molecule has 2 unspecified atom stereocenters. The van der Waals surface area contributed by atoms with E-state index in [0.717, 1.165) is 18.7 Å². The fourth-order valence-electron chi connectivity index (χ4n) is 1.77. The van der Waals surface area contributed by atoms with Gasteiger partial charge >= 0.3 is 0 Å². The lowest BCUT2D eigenvalue weighted by atomic mass is 9.75. The molecule has 2 rings (SSSR count). The second-order valence-corrected chi connectivity index (χ2v) is 2.98. The largest absolute Gasteiger partial charge is 0.377 e. The van der Waals surface area contributed by atoms with E-state index in [1.165, 1.54) is 12.8 Å². The highest BCUT2D eigenvalue weighted by molar-refractivity contribution is 5.93. The highest BCUT2D eigenvalue weighted by atomic mass is 16.5. The van der Waals surface area contributed by atoms with E-state index in [2.05, 4.69) is 5.10 Å². The molecule has 1 saturated carbocycles. The van der Waals surface area contributed by atoms with Crippen molar-refractivity contribution >= 4 is 5.71 Å². The van der Waals surface area contributed by atoms with Crippen molar-refractivity contribution in [3.63, 3.8) is 0 Å². The standard InChI is InChI=1S/C7H12N2O/c8-9-6-4-7-5(6)2-1-3-10-7/h5,7H,1-4,8H2/b9-6-.